The van der Waals surface area contributed by atoms with Gasteiger partial charge in [-0.1, -0.05) is 130 Å². The summed E-state index contributed by atoms with van der Waals surface area (Å²) in [6.07, 6.45) is 51.5. The molecule has 0 aromatic rings. The molecule has 0 fully saturated rings. The summed E-state index contributed by atoms with van der Waals surface area (Å²) in [5.74, 6) is -1.82. The minimum atomic E-state index is -1.14. The maximum atomic E-state index is 12.7. The van der Waals surface area contributed by atoms with Gasteiger partial charge in [-0.15, -0.1) is 0 Å². The summed E-state index contributed by atoms with van der Waals surface area (Å²) in [7, 11) is 5.37. The number of hydrogen-bond donors (Lipinski definition) is 0. The monoisotopic (exact) mass is 794 g/mol. The largest absolute Gasteiger partial charge is 0.544 e. The molecule has 0 spiro atoms. The summed E-state index contributed by atoms with van der Waals surface area (Å²) in [6, 6.07) is -0.741. The number of ether oxygens (including phenoxy) is 3. The lowest BCUT2D eigenvalue weighted by molar-refractivity contribution is -0.889. The van der Waals surface area contributed by atoms with E-state index in [0.717, 1.165) is 103 Å². The lowest BCUT2D eigenvalue weighted by Crippen LogP contribution is -2.55. The lowest BCUT2D eigenvalue weighted by atomic mass is 10.1. The van der Waals surface area contributed by atoms with Crippen LogP contribution in [-0.2, 0) is 28.6 Å². The number of likely N-dealkylation sites (N-methyl/N-ethyl adjacent to an activating group) is 1. The van der Waals surface area contributed by atoms with Crippen molar-refractivity contribution in [1.29, 1.82) is 0 Å². The van der Waals surface area contributed by atoms with E-state index in [1.807, 2.05) is 0 Å². The molecule has 0 radical (unpaired) electrons. The van der Waals surface area contributed by atoms with Gasteiger partial charge in [-0.25, -0.2) is 0 Å². The van der Waals surface area contributed by atoms with Crippen molar-refractivity contribution in [2.24, 2.45) is 0 Å². The van der Waals surface area contributed by atoms with Crippen LogP contribution in [-0.4, -0.2) is 75.5 Å². The van der Waals surface area contributed by atoms with Gasteiger partial charge in [0.2, 0.25) is 0 Å². The third kappa shape index (κ3) is 37.6. The van der Waals surface area contributed by atoms with E-state index in [-0.39, 0.29) is 49.1 Å². The second-order valence-corrected chi connectivity index (χ2v) is 15.2. The first-order valence-electron chi connectivity index (χ1n) is 21.8. The van der Waals surface area contributed by atoms with Crippen molar-refractivity contribution in [3.63, 3.8) is 0 Å². The van der Waals surface area contributed by atoms with E-state index in [2.05, 4.69) is 111 Å². The molecule has 0 aromatic carbocycles. The Balaban J connectivity index is 4.48. The molecule has 322 valence electrons. The van der Waals surface area contributed by atoms with Crippen LogP contribution in [0.25, 0.3) is 0 Å². The van der Waals surface area contributed by atoms with Crippen LogP contribution in [0.15, 0.2) is 97.2 Å². The highest BCUT2D eigenvalue weighted by Gasteiger charge is 2.25. The van der Waals surface area contributed by atoms with E-state index in [1.165, 1.54) is 0 Å². The molecule has 0 aliphatic rings. The SMILES string of the molecule is CC/C=C/C/C=C/C/C=C/C/C=C/C/C=C/CCCCCC(=O)OC(COCCC(C(=O)[O-])[N+](C)(C)C)COC(=O)CCCCCC/C=C/C/C=C/C/C=C/CC. The summed E-state index contributed by atoms with van der Waals surface area (Å²) in [5.41, 5.74) is 0. The molecule has 0 heterocycles. The highest BCUT2D eigenvalue weighted by molar-refractivity contribution is 5.70. The van der Waals surface area contributed by atoms with Gasteiger partial charge in [0, 0.05) is 19.3 Å². The number of rotatable bonds is 37. The molecule has 0 bridgehead atoms. The van der Waals surface area contributed by atoms with Gasteiger partial charge >= 0.3 is 11.9 Å². The minimum absolute atomic E-state index is 0.0131. The Hall–Kier alpha value is -3.75. The zero-order valence-corrected chi connectivity index (χ0v) is 36.5. The third-order valence-electron chi connectivity index (χ3n) is 8.97. The molecule has 0 saturated heterocycles. The predicted octanol–water partition coefficient (Wildman–Crippen LogP) is 10.6. The van der Waals surface area contributed by atoms with E-state index in [4.69, 9.17) is 14.2 Å². The summed E-state index contributed by atoms with van der Waals surface area (Å²) >= 11 is 0. The normalized spacial score (nSPS) is 13.9. The van der Waals surface area contributed by atoms with E-state index >= 15 is 0 Å². The molecule has 57 heavy (non-hydrogen) atoms. The van der Waals surface area contributed by atoms with Gasteiger partial charge in [0.25, 0.3) is 0 Å². The maximum Gasteiger partial charge on any atom is 0.306 e. The number of aliphatic carboxylic acids is 1. The Kier molecular flexibility index (Phi) is 36.5. The Morgan fingerprint density at radius 3 is 1.37 bits per heavy atom. The predicted molar refractivity (Wildman–Crippen MR) is 235 cm³/mol. The molecule has 8 heteroatoms. The van der Waals surface area contributed by atoms with E-state index < -0.39 is 18.1 Å². The molecule has 0 aliphatic heterocycles. The van der Waals surface area contributed by atoms with Gasteiger partial charge in [-0.3, -0.25) is 9.59 Å². The maximum absolute atomic E-state index is 12.7. The smallest absolute Gasteiger partial charge is 0.306 e. The van der Waals surface area contributed by atoms with Crippen LogP contribution in [0, 0.1) is 0 Å². The summed E-state index contributed by atoms with van der Waals surface area (Å²) in [6.45, 7) is 4.35. The second kappa shape index (κ2) is 39.1. The number of nitrogens with zero attached hydrogens (tertiary/aromatic N) is 1. The zero-order valence-electron chi connectivity index (χ0n) is 36.5. The van der Waals surface area contributed by atoms with Crippen molar-refractivity contribution in [2.45, 2.75) is 154 Å². The standard InChI is InChI=1S/C49H79NO7/c1-6-8-10-12-14-16-18-20-22-23-24-25-26-28-30-32-34-36-38-40-48(52)57-45(43-55-42-41-46(49(53)54)50(3,4)5)44-56-47(51)39-37-35-33-31-29-27-21-19-17-15-13-11-9-7-2/h8-11,14-17,20-22,24-25,27-28,30,45-46H,6-7,12-13,18-19,23,26,29,31-44H2,1-5H3/b10-8+,11-9+,16-14+,17-15+,22-20+,25-24+,27-21+,30-28+. The van der Waals surface area contributed by atoms with Crippen LogP contribution in [0.2, 0.25) is 0 Å². The topological polar surface area (TPSA) is 102 Å². The molecule has 0 rings (SSSR count). The average molecular weight is 794 g/mol. The molecule has 0 amide bonds. The first-order valence-corrected chi connectivity index (χ1v) is 21.8. The van der Waals surface area contributed by atoms with E-state index in [1.54, 1.807) is 21.1 Å². The van der Waals surface area contributed by atoms with E-state index in [0.29, 0.717) is 12.8 Å². The zero-order chi connectivity index (χ0) is 42.1. The van der Waals surface area contributed by atoms with Crippen LogP contribution < -0.4 is 5.11 Å². The Labute approximate surface area is 347 Å². The molecular formula is C49H79NO7. The molecule has 0 N–H and O–H groups in total. The number of allylic oxidation sites excluding steroid dienone is 16. The third-order valence-corrected chi connectivity index (χ3v) is 8.97. The Bertz CT molecular complexity index is 1250. The highest BCUT2D eigenvalue weighted by atomic mass is 16.6. The number of carboxylic acids is 1. The number of esters is 2. The van der Waals surface area contributed by atoms with Gasteiger partial charge < -0.3 is 28.6 Å². The Morgan fingerprint density at radius 1 is 0.526 bits per heavy atom. The molecule has 2 atom stereocenters. The van der Waals surface area contributed by atoms with Crippen molar-refractivity contribution in [3.8, 4) is 0 Å². The van der Waals surface area contributed by atoms with Crippen LogP contribution in [0.1, 0.15) is 142 Å². The summed E-state index contributed by atoms with van der Waals surface area (Å²) in [4.78, 5) is 36.8. The molecule has 0 aliphatic carbocycles. The van der Waals surface area contributed by atoms with Gasteiger partial charge in [0.05, 0.1) is 40.3 Å². The van der Waals surface area contributed by atoms with Crippen LogP contribution in [0.3, 0.4) is 0 Å². The molecule has 0 aromatic heterocycles. The number of carbonyl (C=O) groups excluding carboxylic acids is 3. The van der Waals surface area contributed by atoms with Crippen LogP contribution in [0.4, 0.5) is 0 Å². The van der Waals surface area contributed by atoms with Crippen LogP contribution in [0.5, 0.6) is 0 Å². The van der Waals surface area contributed by atoms with Crippen molar-refractivity contribution >= 4 is 17.9 Å². The lowest BCUT2D eigenvalue weighted by Gasteiger charge is -2.34. The van der Waals surface area contributed by atoms with Gasteiger partial charge in [-0.2, -0.15) is 0 Å². The van der Waals surface area contributed by atoms with Gasteiger partial charge in [-0.05, 0) is 89.9 Å². The number of hydrogen-bond acceptors (Lipinski definition) is 7. The molecule has 8 nitrogen and oxygen atoms in total. The van der Waals surface area contributed by atoms with Gasteiger partial charge in [0.1, 0.15) is 12.6 Å². The minimum Gasteiger partial charge on any atom is -0.544 e. The van der Waals surface area contributed by atoms with Gasteiger partial charge in [0.15, 0.2) is 6.10 Å². The van der Waals surface area contributed by atoms with Crippen molar-refractivity contribution in [2.75, 3.05) is 41.0 Å². The first-order chi connectivity index (χ1) is 27.6. The average Bonchev–Trinajstić information content (AvgIpc) is 3.17. The first kappa shape index (κ1) is 53.2. The highest BCUT2D eigenvalue weighted by Crippen LogP contribution is 2.11. The van der Waals surface area contributed by atoms with Crippen LogP contribution >= 0.6 is 0 Å². The fourth-order valence-electron chi connectivity index (χ4n) is 5.64. The number of quaternary nitrogens is 1. The fraction of sp³-hybridized carbons (Fsp3) is 0.612. The molecular weight excluding hydrogens is 715 g/mol. The second-order valence-electron chi connectivity index (χ2n) is 15.2. The quantitative estimate of drug-likeness (QED) is 0.0267. The Morgan fingerprint density at radius 2 is 0.930 bits per heavy atom. The van der Waals surface area contributed by atoms with Crippen molar-refractivity contribution in [1.82, 2.24) is 0 Å². The fourth-order valence-corrected chi connectivity index (χ4v) is 5.64. The number of carbonyl (C=O) groups is 3. The number of carboxylic acid groups (broad SMARTS) is 1. The summed E-state index contributed by atoms with van der Waals surface area (Å²) < 4.78 is 17.1. The van der Waals surface area contributed by atoms with E-state index in [9.17, 15) is 19.5 Å². The summed E-state index contributed by atoms with van der Waals surface area (Å²) in [5, 5.41) is 11.6. The van der Waals surface area contributed by atoms with Crippen molar-refractivity contribution < 1.29 is 38.2 Å². The number of unbranched alkanes of at least 4 members (excludes halogenated alkanes) is 7. The van der Waals surface area contributed by atoms with Crippen molar-refractivity contribution in [3.05, 3.63) is 97.2 Å². The molecule has 2 unspecified atom stereocenters. The molecule has 0 saturated carbocycles.